The third-order valence-electron chi connectivity index (χ3n) is 11.8. The molecule has 2 aromatic heterocycles. The van der Waals surface area contributed by atoms with Crippen LogP contribution in [0, 0.1) is 39.0 Å². The first-order valence-electron chi connectivity index (χ1n) is 24.8. The Kier molecular flexibility index (Phi) is 23.3. The van der Waals surface area contributed by atoms with E-state index in [0.717, 1.165) is 10.5 Å². The number of methoxy groups -OCH3 is 1. The third kappa shape index (κ3) is 19.8. The number of rotatable bonds is 25. The molecule has 7 aromatic rings. The molecule has 0 aliphatic rings. The number of imidazole rings is 1. The zero-order valence-corrected chi connectivity index (χ0v) is 52.5. The number of ether oxygens (including phenoxy) is 2. The number of hydrogen-bond acceptors (Lipinski definition) is 26. The number of aromatic nitrogens is 2. The van der Waals surface area contributed by atoms with E-state index in [9.17, 15) is 62.3 Å². The van der Waals surface area contributed by atoms with Crippen LogP contribution in [0.25, 0.3) is 16.7 Å². The first-order valence-corrected chi connectivity index (χ1v) is 34.4. The van der Waals surface area contributed by atoms with Crippen LogP contribution >= 0.6 is 35.1 Å². The van der Waals surface area contributed by atoms with E-state index in [4.69, 9.17) is 33.7 Å². The maximum absolute atomic E-state index is 12.3. The topological polar surface area (TPSA) is 447 Å². The quantitative estimate of drug-likeness (QED) is 0.0154. The molecular formula is C50H50ClN11O18S7. The Bertz CT molecular complexity index is 4580. The van der Waals surface area contributed by atoms with E-state index >= 15 is 0 Å². The first kappa shape index (κ1) is 68.7. The van der Waals surface area contributed by atoms with E-state index in [2.05, 4.69) is 45.9 Å². The van der Waals surface area contributed by atoms with Crippen molar-refractivity contribution >= 4 is 148 Å². The number of thioether (sulfide) groups is 2. The predicted molar refractivity (Wildman–Crippen MR) is 322 cm³/mol. The fourth-order valence-electron chi connectivity index (χ4n) is 7.77. The van der Waals surface area contributed by atoms with Crippen LogP contribution in [0.1, 0.15) is 47.1 Å². The minimum Gasteiger partial charge on any atom is -0.495 e. The number of aryl methyl sites for hydroxylation is 3. The van der Waals surface area contributed by atoms with Crippen molar-refractivity contribution < 1.29 is 79.1 Å². The van der Waals surface area contributed by atoms with E-state index in [0.29, 0.717) is 59.9 Å². The number of halogens is 1. The van der Waals surface area contributed by atoms with Crippen LogP contribution in [0.3, 0.4) is 0 Å². The molecule has 2 heterocycles. The van der Waals surface area contributed by atoms with E-state index < -0.39 is 79.1 Å². The molecular weight excluding hydrogens is 1300 g/mol. The molecule has 0 amide bonds. The second-order valence-electron chi connectivity index (χ2n) is 18.3. The number of aromatic hydroxyl groups is 1. The second kappa shape index (κ2) is 29.5. The molecule has 29 nitrogen and oxygen atoms in total. The molecule has 87 heavy (non-hydrogen) atoms. The highest BCUT2D eigenvalue weighted by Crippen LogP contribution is 2.44. The van der Waals surface area contributed by atoms with Crippen LogP contribution in [0.2, 0.25) is 5.02 Å². The summed E-state index contributed by atoms with van der Waals surface area (Å²) in [6.07, 6.45) is -0.0144. The summed E-state index contributed by atoms with van der Waals surface area (Å²) < 4.78 is 170. The highest BCUT2D eigenvalue weighted by atomic mass is 35.5. The summed E-state index contributed by atoms with van der Waals surface area (Å²) in [5.74, 6) is -2.10. The van der Waals surface area contributed by atoms with Gasteiger partial charge in [-0.3, -0.25) is 22.6 Å². The lowest BCUT2D eigenvalue weighted by molar-refractivity contribution is 0.317. The summed E-state index contributed by atoms with van der Waals surface area (Å²) in [7, 11) is -19.7. The summed E-state index contributed by atoms with van der Waals surface area (Å²) in [6, 6.07) is 20.7. The Morgan fingerprint density at radius 3 is 1.61 bits per heavy atom. The van der Waals surface area contributed by atoms with Gasteiger partial charge in [0.1, 0.15) is 33.7 Å². The van der Waals surface area contributed by atoms with Gasteiger partial charge >= 0.3 is 10.6 Å². The molecule has 0 atom stereocenters. The zero-order chi connectivity index (χ0) is 64.2. The minimum atomic E-state index is -4.86. The highest BCUT2D eigenvalue weighted by Gasteiger charge is 2.26. The third-order valence-corrected chi connectivity index (χ3v) is 17.6. The molecule has 462 valence electrons. The standard InChI is InChI=1S/C50H50ClN11O15S6.O3S/c1-28-18-39(58-61-48-31(4)34(27-52)49-53-38-23-44(76-5)47(83(73,74)75)26-42(38)62(49)50(48)63)43(77-12-7-15-80(64,65)66)22-35(28)56-59-40-20-30(3)37(25-46(40)79-14-9-17-82(70,71)72)57-60-41-19-29(2)36(55-54-33-11-6-10-32(51)21-33)24-45(41)78-13-8-16-81(67,68)69;1-4(2)3/h6,10-11,18-26,63H,7-9,12-17H2,1-5H3,(H,64,65,66)(H,67,68,69)(H,70,71,72)(H,73,74,75);. The van der Waals surface area contributed by atoms with Crippen molar-refractivity contribution in [1.29, 1.82) is 5.26 Å². The van der Waals surface area contributed by atoms with Crippen molar-refractivity contribution in [3.05, 3.63) is 106 Å². The van der Waals surface area contributed by atoms with E-state index in [1.165, 1.54) is 55.8 Å². The Morgan fingerprint density at radius 1 is 0.632 bits per heavy atom. The average Bonchev–Trinajstić information content (AvgIpc) is 1.62. The molecule has 37 heteroatoms. The smallest absolute Gasteiger partial charge is 0.425 e. The Labute approximate surface area is 512 Å². The van der Waals surface area contributed by atoms with Gasteiger partial charge in [-0.25, -0.2) is 4.98 Å². The number of fused-ring (bicyclic) bond motifs is 3. The van der Waals surface area contributed by atoms with Crippen LogP contribution < -0.4 is 9.47 Å². The van der Waals surface area contributed by atoms with Gasteiger partial charge in [0.15, 0.2) is 11.3 Å². The summed E-state index contributed by atoms with van der Waals surface area (Å²) in [4.78, 5) is 4.79. The van der Waals surface area contributed by atoms with Crippen molar-refractivity contribution in [1.82, 2.24) is 9.38 Å². The first-order chi connectivity index (χ1) is 40.7. The molecule has 0 aliphatic heterocycles. The van der Waals surface area contributed by atoms with Crippen molar-refractivity contribution in [3.8, 4) is 23.4 Å². The molecule has 0 bridgehead atoms. The van der Waals surface area contributed by atoms with Gasteiger partial charge in [0.05, 0.1) is 76.1 Å². The molecule has 0 radical (unpaired) electrons. The summed E-state index contributed by atoms with van der Waals surface area (Å²) >= 11 is 8.58. The van der Waals surface area contributed by atoms with E-state index in [1.54, 1.807) is 69.3 Å². The van der Waals surface area contributed by atoms with Crippen LogP contribution in [-0.2, 0) is 51.1 Å². The summed E-state index contributed by atoms with van der Waals surface area (Å²) in [6.45, 7) is 6.37. The van der Waals surface area contributed by atoms with Crippen molar-refractivity contribution in [2.45, 2.75) is 61.6 Å². The number of azo groups is 4. The SMILES string of the molecule is COc1cc2nc3c(C#N)c(C)c(N=Nc4cc(C)c(N=Nc5cc(C)c(N=Nc6cc(C)c(N=Nc7cccc(Cl)c7)cc6SCCCS(=O)(=O)O)cc5SCCCS(=O)(=O)O)cc4OCCCS(=O)(=O)O)c(O)n3c2cc1S(=O)(=O)O.O=S(=O)=O. The van der Waals surface area contributed by atoms with Gasteiger partial charge in [-0.2, -0.15) is 59.4 Å². The fourth-order valence-corrected chi connectivity index (χ4v) is 12.4. The van der Waals surface area contributed by atoms with Gasteiger partial charge in [-0.15, -0.1) is 56.6 Å². The normalized spacial score (nSPS) is 12.4. The molecule has 0 fully saturated rings. The van der Waals surface area contributed by atoms with Gasteiger partial charge in [-0.1, -0.05) is 17.7 Å². The predicted octanol–water partition coefficient (Wildman–Crippen LogP) is 12.3. The van der Waals surface area contributed by atoms with Gasteiger partial charge < -0.3 is 14.6 Å². The maximum Gasteiger partial charge on any atom is 0.425 e. The molecule has 5 N–H and O–H groups in total. The minimum absolute atomic E-state index is 0.00618. The Morgan fingerprint density at radius 2 is 1.11 bits per heavy atom. The lowest BCUT2D eigenvalue weighted by atomic mass is 10.1. The van der Waals surface area contributed by atoms with Crippen LogP contribution in [0.4, 0.5) is 45.5 Å². The van der Waals surface area contributed by atoms with Crippen molar-refractivity contribution in [3.63, 3.8) is 0 Å². The summed E-state index contributed by atoms with van der Waals surface area (Å²) in [5, 5.41) is 58.0. The van der Waals surface area contributed by atoms with Crippen molar-refractivity contribution in [2.75, 3.05) is 42.5 Å². The maximum atomic E-state index is 12.3. The molecule has 0 saturated heterocycles. The van der Waals surface area contributed by atoms with Gasteiger partial charge in [0.2, 0.25) is 5.88 Å². The number of hydrogen-bond donors (Lipinski definition) is 5. The highest BCUT2D eigenvalue weighted by molar-refractivity contribution is 7.99. The second-order valence-corrected chi connectivity index (χ2v) is 27.5. The molecule has 0 saturated carbocycles. The van der Waals surface area contributed by atoms with Crippen LogP contribution in [0.15, 0.2) is 128 Å². The Hall–Kier alpha value is -7.41. The Balaban J connectivity index is 0.00000293. The average molecular weight is 1350 g/mol. The molecule has 0 unspecified atom stereocenters. The lowest BCUT2D eigenvalue weighted by Gasteiger charge is -2.12. The lowest BCUT2D eigenvalue weighted by Crippen LogP contribution is -2.08. The van der Waals surface area contributed by atoms with Gasteiger partial charge in [-0.05, 0) is 130 Å². The summed E-state index contributed by atoms with van der Waals surface area (Å²) in [5.41, 5.74) is 3.62. The van der Waals surface area contributed by atoms with Gasteiger partial charge in [0.25, 0.3) is 40.5 Å². The fraction of sp³-hybridized carbons (Fsp3) is 0.280. The number of benzene rings is 5. The number of nitrogens with zero attached hydrogens (tertiary/aromatic N) is 11. The molecule has 0 aliphatic carbocycles. The monoisotopic (exact) mass is 1350 g/mol. The molecule has 0 spiro atoms. The van der Waals surface area contributed by atoms with Crippen LogP contribution in [-0.4, -0.2) is 121 Å². The number of pyridine rings is 1. The van der Waals surface area contributed by atoms with Crippen LogP contribution in [0.5, 0.6) is 17.4 Å². The molecule has 5 aromatic carbocycles. The number of nitriles is 1. The largest absolute Gasteiger partial charge is 0.495 e. The van der Waals surface area contributed by atoms with E-state index in [1.807, 2.05) is 6.07 Å². The molecule has 7 rings (SSSR count). The van der Waals surface area contributed by atoms with E-state index in [-0.39, 0.29) is 93.7 Å². The van der Waals surface area contributed by atoms with Crippen molar-refractivity contribution in [2.24, 2.45) is 40.9 Å². The van der Waals surface area contributed by atoms with Gasteiger partial charge in [0, 0.05) is 32.5 Å². The zero-order valence-electron chi connectivity index (χ0n) is 46.0.